The number of nitrogen functional groups attached to an aromatic ring is 1. The van der Waals surface area contributed by atoms with Gasteiger partial charge in [0, 0.05) is 11.8 Å². The van der Waals surface area contributed by atoms with Crippen LogP contribution in [-0.4, -0.2) is 9.97 Å². The third-order valence-electron chi connectivity index (χ3n) is 2.41. The molecule has 84 valence electrons. The zero-order chi connectivity index (χ0) is 11.8. The van der Waals surface area contributed by atoms with E-state index in [4.69, 9.17) is 17.3 Å². The molecule has 2 heterocycles. The number of hydrogen-bond acceptors (Lipinski definition) is 4. The second-order valence-corrected chi connectivity index (χ2v) is 4.97. The molecule has 2 N–H and O–H groups in total. The highest BCUT2D eigenvalue weighted by Crippen LogP contribution is 2.31. The normalized spacial score (nSPS) is 10.9. The van der Waals surface area contributed by atoms with Gasteiger partial charge in [0.05, 0.1) is 10.7 Å². The van der Waals surface area contributed by atoms with Crippen LogP contribution < -0.4 is 5.73 Å². The van der Waals surface area contributed by atoms with E-state index in [1.165, 1.54) is 0 Å². The Kier molecular flexibility index (Phi) is 2.46. The van der Waals surface area contributed by atoms with E-state index in [0.717, 1.165) is 20.9 Å². The SMILES string of the molecule is Nc1ccc(-c2nc3cccnc3s2)cc1Cl. The number of anilines is 1. The number of nitrogens with zero attached hydrogens (tertiary/aromatic N) is 2. The summed E-state index contributed by atoms with van der Waals surface area (Å²) in [6.45, 7) is 0. The summed E-state index contributed by atoms with van der Waals surface area (Å²) in [7, 11) is 0. The van der Waals surface area contributed by atoms with Crippen molar-refractivity contribution < 1.29 is 0 Å². The van der Waals surface area contributed by atoms with Gasteiger partial charge in [-0.05, 0) is 30.3 Å². The Morgan fingerprint density at radius 3 is 2.88 bits per heavy atom. The van der Waals surface area contributed by atoms with Crippen molar-refractivity contribution in [3.8, 4) is 10.6 Å². The third-order valence-corrected chi connectivity index (χ3v) is 3.77. The molecule has 17 heavy (non-hydrogen) atoms. The molecule has 0 aliphatic carbocycles. The molecular weight excluding hydrogens is 254 g/mol. The summed E-state index contributed by atoms with van der Waals surface area (Å²) >= 11 is 7.54. The van der Waals surface area contributed by atoms with Crippen LogP contribution in [0.3, 0.4) is 0 Å². The number of aromatic nitrogens is 2. The minimum atomic E-state index is 0.551. The van der Waals surface area contributed by atoms with Crippen molar-refractivity contribution in [3.63, 3.8) is 0 Å². The first-order valence-electron chi connectivity index (χ1n) is 5.01. The highest BCUT2D eigenvalue weighted by molar-refractivity contribution is 7.21. The number of halogens is 1. The first-order chi connectivity index (χ1) is 8.24. The van der Waals surface area contributed by atoms with Crippen LogP contribution in [0, 0.1) is 0 Å². The van der Waals surface area contributed by atoms with Crippen LogP contribution in [0.4, 0.5) is 5.69 Å². The number of nitrogens with two attached hydrogens (primary N) is 1. The number of pyridine rings is 1. The second kappa shape index (κ2) is 3.98. The predicted octanol–water partition coefficient (Wildman–Crippen LogP) is 3.59. The van der Waals surface area contributed by atoms with Crippen molar-refractivity contribution in [3.05, 3.63) is 41.6 Å². The number of fused-ring (bicyclic) bond motifs is 1. The highest BCUT2D eigenvalue weighted by Gasteiger charge is 2.07. The third kappa shape index (κ3) is 1.85. The summed E-state index contributed by atoms with van der Waals surface area (Å²) in [5.74, 6) is 0. The fraction of sp³-hybridized carbons (Fsp3) is 0. The lowest BCUT2D eigenvalue weighted by Gasteiger charge is -1.99. The van der Waals surface area contributed by atoms with Gasteiger partial charge in [0.15, 0.2) is 0 Å². The maximum Gasteiger partial charge on any atom is 0.143 e. The minimum Gasteiger partial charge on any atom is -0.398 e. The van der Waals surface area contributed by atoms with E-state index >= 15 is 0 Å². The Balaban J connectivity index is 2.17. The molecule has 0 aliphatic heterocycles. The largest absolute Gasteiger partial charge is 0.398 e. The molecule has 3 aromatic rings. The molecule has 0 unspecified atom stereocenters. The van der Waals surface area contributed by atoms with Gasteiger partial charge in [0.25, 0.3) is 0 Å². The fourth-order valence-corrected chi connectivity index (χ4v) is 2.64. The van der Waals surface area contributed by atoms with Crippen molar-refractivity contribution >= 4 is 39.0 Å². The molecule has 5 heteroatoms. The van der Waals surface area contributed by atoms with Crippen molar-refractivity contribution in [2.75, 3.05) is 5.73 Å². The molecule has 0 bridgehead atoms. The molecule has 2 aromatic heterocycles. The number of hydrogen-bond donors (Lipinski definition) is 1. The molecular formula is C12H8ClN3S. The van der Waals surface area contributed by atoms with E-state index in [1.54, 1.807) is 23.6 Å². The average molecular weight is 262 g/mol. The Morgan fingerprint density at radius 2 is 2.12 bits per heavy atom. The van der Waals surface area contributed by atoms with Crippen LogP contribution in [0.15, 0.2) is 36.5 Å². The molecule has 0 spiro atoms. The van der Waals surface area contributed by atoms with Gasteiger partial charge in [-0.3, -0.25) is 0 Å². The fourth-order valence-electron chi connectivity index (χ4n) is 1.55. The average Bonchev–Trinajstić information content (AvgIpc) is 2.76. The van der Waals surface area contributed by atoms with Crippen LogP contribution in [0.5, 0.6) is 0 Å². The Bertz CT molecular complexity index is 660. The lowest BCUT2D eigenvalue weighted by atomic mass is 10.2. The van der Waals surface area contributed by atoms with Crippen molar-refractivity contribution in [1.29, 1.82) is 0 Å². The van der Waals surface area contributed by atoms with E-state index in [-0.39, 0.29) is 0 Å². The van der Waals surface area contributed by atoms with Gasteiger partial charge >= 0.3 is 0 Å². The van der Waals surface area contributed by atoms with Crippen LogP contribution >= 0.6 is 22.9 Å². The maximum absolute atomic E-state index is 6.00. The van der Waals surface area contributed by atoms with Crippen LogP contribution in [0.25, 0.3) is 20.9 Å². The van der Waals surface area contributed by atoms with Gasteiger partial charge in [-0.2, -0.15) is 0 Å². The lowest BCUT2D eigenvalue weighted by molar-refractivity contribution is 1.41. The van der Waals surface area contributed by atoms with Crippen LogP contribution in [0.1, 0.15) is 0 Å². The van der Waals surface area contributed by atoms with E-state index in [2.05, 4.69) is 9.97 Å². The molecule has 0 saturated carbocycles. The van der Waals surface area contributed by atoms with Crippen molar-refractivity contribution in [2.24, 2.45) is 0 Å². The lowest BCUT2D eigenvalue weighted by Crippen LogP contribution is -1.86. The summed E-state index contributed by atoms with van der Waals surface area (Å²) in [6.07, 6.45) is 1.76. The molecule has 3 nitrogen and oxygen atoms in total. The predicted molar refractivity (Wildman–Crippen MR) is 72.3 cm³/mol. The molecule has 0 amide bonds. The van der Waals surface area contributed by atoms with Gasteiger partial charge in [-0.15, -0.1) is 0 Å². The second-order valence-electron chi connectivity index (χ2n) is 3.58. The summed E-state index contributed by atoms with van der Waals surface area (Å²) in [4.78, 5) is 9.70. The quantitative estimate of drug-likeness (QED) is 0.681. The topological polar surface area (TPSA) is 51.8 Å². The standard InChI is InChI=1S/C12H8ClN3S/c13-8-6-7(3-4-9(8)14)11-16-10-2-1-5-15-12(10)17-11/h1-6H,14H2. The first kappa shape index (κ1) is 10.5. The smallest absolute Gasteiger partial charge is 0.143 e. The molecule has 0 fully saturated rings. The summed E-state index contributed by atoms with van der Waals surface area (Å²) in [5.41, 5.74) is 8.13. The van der Waals surface area contributed by atoms with Gasteiger partial charge in [0.2, 0.25) is 0 Å². The zero-order valence-electron chi connectivity index (χ0n) is 8.72. The van der Waals surface area contributed by atoms with E-state index in [0.29, 0.717) is 10.7 Å². The van der Waals surface area contributed by atoms with Gasteiger partial charge in [0.1, 0.15) is 15.4 Å². The summed E-state index contributed by atoms with van der Waals surface area (Å²) in [6, 6.07) is 9.35. The maximum atomic E-state index is 6.00. The van der Waals surface area contributed by atoms with Gasteiger partial charge < -0.3 is 5.73 Å². The number of rotatable bonds is 1. The number of thiazole rings is 1. The molecule has 0 radical (unpaired) electrons. The van der Waals surface area contributed by atoms with E-state index in [9.17, 15) is 0 Å². The minimum absolute atomic E-state index is 0.551. The van der Waals surface area contributed by atoms with Gasteiger partial charge in [-0.25, -0.2) is 9.97 Å². The monoisotopic (exact) mass is 261 g/mol. The first-order valence-corrected chi connectivity index (χ1v) is 6.20. The number of benzene rings is 1. The molecule has 0 atom stereocenters. The highest BCUT2D eigenvalue weighted by atomic mass is 35.5. The van der Waals surface area contributed by atoms with E-state index < -0.39 is 0 Å². The van der Waals surface area contributed by atoms with Crippen molar-refractivity contribution in [1.82, 2.24) is 9.97 Å². The summed E-state index contributed by atoms with van der Waals surface area (Å²) < 4.78 is 0. The Morgan fingerprint density at radius 1 is 1.24 bits per heavy atom. The van der Waals surface area contributed by atoms with Crippen LogP contribution in [0.2, 0.25) is 5.02 Å². The Hall–Kier alpha value is -1.65. The molecule has 0 aliphatic rings. The van der Waals surface area contributed by atoms with E-state index in [1.807, 2.05) is 24.3 Å². The molecule has 3 rings (SSSR count). The zero-order valence-corrected chi connectivity index (χ0v) is 10.3. The molecule has 1 aromatic carbocycles. The Labute approximate surface area is 107 Å². The van der Waals surface area contributed by atoms with Crippen LogP contribution in [-0.2, 0) is 0 Å². The summed E-state index contributed by atoms with van der Waals surface area (Å²) in [5, 5.41) is 1.45. The van der Waals surface area contributed by atoms with Gasteiger partial charge in [-0.1, -0.05) is 22.9 Å². The van der Waals surface area contributed by atoms with Crippen molar-refractivity contribution in [2.45, 2.75) is 0 Å². The molecule has 0 saturated heterocycles.